The first-order valence-corrected chi connectivity index (χ1v) is 9.28. The quantitative estimate of drug-likeness (QED) is 0.686. The van der Waals surface area contributed by atoms with E-state index in [9.17, 15) is 0 Å². The van der Waals surface area contributed by atoms with Crippen LogP contribution in [0.1, 0.15) is 85.0 Å². The molecule has 0 amide bonds. The predicted octanol–water partition coefficient (Wildman–Crippen LogP) is 5.40. The molecule has 0 saturated heterocycles. The van der Waals surface area contributed by atoms with Gasteiger partial charge < -0.3 is 5.32 Å². The van der Waals surface area contributed by atoms with Gasteiger partial charge in [-0.05, 0) is 62.3 Å². The van der Waals surface area contributed by atoms with Crippen LogP contribution < -0.4 is 5.32 Å². The number of rotatable bonds is 6. The monoisotopic (exact) mass is 279 g/mol. The molecule has 0 aliphatic heterocycles. The molecule has 1 heteroatoms. The fraction of sp³-hybridized carbons (Fsp3) is 1.00. The molecule has 1 nitrogen and oxygen atoms in total. The highest BCUT2D eigenvalue weighted by Crippen LogP contribution is 2.50. The Morgan fingerprint density at radius 3 is 2.10 bits per heavy atom. The molecule has 1 atom stereocenters. The highest BCUT2D eigenvalue weighted by molar-refractivity contribution is 4.98. The van der Waals surface area contributed by atoms with Crippen LogP contribution in [0.2, 0.25) is 0 Å². The minimum Gasteiger partial charge on any atom is -0.316 e. The van der Waals surface area contributed by atoms with Crippen molar-refractivity contribution < 1.29 is 0 Å². The van der Waals surface area contributed by atoms with Gasteiger partial charge in [-0.25, -0.2) is 0 Å². The Labute approximate surface area is 127 Å². The van der Waals surface area contributed by atoms with Crippen LogP contribution in [0.5, 0.6) is 0 Å². The first-order valence-electron chi connectivity index (χ1n) is 9.28. The van der Waals surface area contributed by atoms with Gasteiger partial charge in [0.15, 0.2) is 0 Å². The Hall–Kier alpha value is -0.0400. The lowest BCUT2D eigenvalue weighted by atomic mass is 9.64. The van der Waals surface area contributed by atoms with Gasteiger partial charge in [-0.1, -0.05) is 52.9 Å². The molecule has 118 valence electrons. The first kappa shape index (κ1) is 16.3. The van der Waals surface area contributed by atoms with Crippen molar-refractivity contribution in [3.8, 4) is 0 Å². The molecule has 2 fully saturated rings. The summed E-state index contributed by atoms with van der Waals surface area (Å²) >= 11 is 0. The average molecular weight is 280 g/mol. The zero-order valence-electron chi connectivity index (χ0n) is 14.4. The van der Waals surface area contributed by atoms with Gasteiger partial charge in [-0.2, -0.15) is 0 Å². The van der Waals surface area contributed by atoms with E-state index in [0.29, 0.717) is 5.41 Å². The Balaban J connectivity index is 2.05. The van der Waals surface area contributed by atoms with Crippen molar-refractivity contribution in [2.75, 3.05) is 7.05 Å². The number of hydrogen-bond acceptors (Lipinski definition) is 1. The Morgan fingerprint density at radius 1 is 1.05 bits per heavy atom. The molecule has 0 radical (unpaired) electrons. The van der Waals surface area contributed by atoms with Gasteiger partial charge in [0.05, 0.1) is 0 Å². The molecule has 0 aromatic carbocycles. The van der Waals surface area contributed by atoms with Crippen LogP contribution in [0.3, 0.4) is 0 Å². The van der Waals surface area contributed by atoms with Crippen molar-refractivity contribution in [3.63, 3.8) is 0 Å². The molecule has 0 heterocycles. The van der Waals surface area contributed by atoms with Crippen LogP contribution >= 0.6 is 0 Å². The summed E-state index contributed by atoms with van der Waals surface area (Å²) in [7, 11) is 2.23. The zero-order chi connectivity index (χ0) is 14.6. The van der Waals surface area contributed by atoms with Gasteiger partial charge >= 0.3 is 0 Å². The minimum atomic E-state index is 0.618. The van der Waals surface area contributed by atoms with E-state index in [1.54, 1.807) is 0 Å². The molecule has 2 aliphatic rings. The van der Waals surface area contributed by atoms with E-state index in [-0.39, 0.29) is 0 Å². The van der Waals surface area contributed by atoms with Crippen molar-refractivity contribution in [3.05, 3.63) is 0 Å². The highest BCUT2D eigenvalue weighted by atomic mass is 14.9. The van der Waals surface area contributed by atoms with Gasteiger partial charge in [0.2, 0.25) is 0 Å². The van der Waals surface area contributed by atoms with Crippen LogP contribution in [-0.4, -0.2) is 13.1 Å². The summed E-state index contributed by atoms with van der Waals surface area (Å²) in [6.45, 7) is 7.21. The second-order valence-electron chi connectivity index (χ2n) is 8.12. The Kier molecular flexibility index (Phi) is 5.95. The lowest BCUT2D eigenvalue weighted by molar-refractivity contribution is 0.0866. The lowest BCUT2D eigenvalue weighted by Crippen LogP contribution is -2.49. The topological polar surface area (TPSA) is 12.0 Å². The van der Waals surface area contributed by atoms with Gasteiger partial charge in [0.25, 0.3) is 0 Å². The molecule has 2 aliphatic carbocycles. The van der Waals surface area contributed by atoms with Crippen LogP contribution in [0.4, 0.5) is 0 Å². The van der Waals surface area contributed by atoms with Crippen LogP contribution in [0.15, 0.2) is 0 Å². The van der Waals surface area contributed by atoms with E-state index in [0.717, 1.165) is 23.8 Å². The first-order chi connectivity index (χ1) is 9.61. The van der Waals surface area contributed by atoms with Crippen molar-refractivity contribution in [1.82, 2.24) is 5.32 Å². The summed E-state index contributed by atoms with van der Waals surface area (Å²) in [6, 6.07) is 0.783. The van der Waals surface area contributed by atoms with Crippen LogP contribution in [-0.2, 0) is 0 Å². The lowest BCUT2D eigenvalue weighted by Gasteiger charge is -2.45. The average Bonchev–Trinajstić information content (AvgIpc) is 2.88. The maximum Gasteiger partial charge on any atom is 0.0149 e. The summed E-state index contributed by atoms with van der Waals surface area (Å²) in [6.07, 6.45) is 14.6. The van der Waals surface area contributed by atoms with E-state index in [4.69, 9.17) is 0 Å². The molecule has 20 heavy (non-hydrogen) atoms. The smallest absolute Gasteiger partial charge is 0.0149 e. The number of hydrogen-bond donors (Lipinski definition) is 1. The fourth-order valence-corrected chi connectivity index (χ4v) is 5.51. The third kappa shape index (κ3) is 3.59. The molecule has 0 spiro atoms. The second kappa shape index (κ2) is 7.29. The molecule has 0 aromatic heterocycles. The maximum absolute atomic E-state index is 3.79. The minimum absolute atomic E-state index is 0.618. The highest BCUT2D eigenvalue weighted by Gasteiger charge is 2.44. The maximum atomic E-state index is 3.79. The van der Waals surface area contributed by atoms with Gasteiger partial charge in [-0.15, -0.1) is 0 Å². The summed E-state index contributed by atoms with van der Waals surface area (Å²) in [5, 5.41) is 3.79. The van der Waals surface area contributed by atoms with Crippen molar-refractivity contribution >= 4 is 0 Å². The Bertz CT molecular complexity index is 269. The predicted molar refractivity (Wildman–Crippen MR) is 88.9 cm³/mol. The second-order valence-corrected chi connectivity index (χ2v) is 8.12. The fourth-order valence-electron chi connectivity index (χ4n) is 5.51. The molecular weight excluding hydrogens is 242 g/mol. The molecule has 1 unspecified atom stereocenters. The molecule has 1 N–H and O–H groups in total. The van der Waals surface area contributed by atoms with E-state index >= 15 is 0 Å². The van der Waals surface area contributed by atoms with Gasteiger partial charge in [0, 0.05) is 6.04 Å². The van der Waals surface area contributed by atoms with E-state index in [2.05, 4.69) is 33.1 Å². The Morgan fingerprint density at radius 2 is 1.65 bits per heavy atom. The van der Waals surface area contributed by atoms with E-state index < -0.39 is 0 Å². The van der Waals surface area contributed by atoms with Crippen molar-refractivity contribution in [2.24, 2.45) is 23.2 Å². The summed E-state index contributed by atoms with van der Waals surface area (Å²) < 4.78 is 0. The standard InChI is InChI=1S/C19H37N/c1-5-16-8-10-17(11-9-16)18(20-4)19(14-15(2)3)12-6-7-13-19/h15-18,20H,5-14H2,1-4H3. The van der Waals surface area contributed by atoms with Crippen molar-refractivity contribution in [2.45, 2.75) is 91.0 Å². The van der Waals surface area contributed by atoms with E-state index in [1.807, 2.05) is 0 Å². The molecule has 2 rings (SSSR count). The van der Waals surface area contributed by atoms with E-state index in [1.165, 1.54) is 64.2 Å². The largest absolute Gasteiger partial charge is 0.316 e. The van der Waals surface area contributed by atoms with Gasteiger partial charge in [0.1, 0.15) is 0 Å². The third-order valence-corrected chi connectivity index (χ3v) is 6.33. The number of nitrogens with one attached hydrogen (secondary N) is 1. The van der Waals surface area contributed by atoms with Crippen LogP contribution in [0.25, 0.3) is 0 Å². The zero-order valence-corrected chi connectivity index (χ0v) is 14.4. The third-order valence-electron chi connectivity index (χ3n) is 6.33. The molecule has 2 saturated carbocycles. The summed E-state index contributed by atoms with van der Waals surface area (Å²) in [4.78, 5) is 0. The van der Waals surface area contributed by atoms with Crippen LogP contribution in [0, 0.1) is 23.2 Å². The molecule has 0 aromatic rings. The normalized spacial score (nSPS) is 31.6. The molecule has 0 bridgehead atoms. The summed E-state index contributed by atoms with van der Waals surface area (Å²) in [5.74, 6) is 2.81. The van der Waals surface area contributed by atoms with Gasteiger partial charge in [-0.3, -0.25) is 0 Å². The molecular formula is C19H37N. The SMILES string of the molecule is CCC1CCC(C(NC)C2(CC(C)C)CCCC2)CC1. The summed E-state index contributed by atoms with van der Waals surface area (Å²) in [5.41, 5.74) is 0.618. The van der Waals surface area contributed by atoms with Crippen molar-refractivity contribution in [1.29, 1.82) is 0 Å².